The summed E-state index contributed by atoms with van der Waals surface area (Å²) in [5.74, 6) is 0.0274. The zero-order valence-electron chi connectivity index (χ0n) is 31.6. The molecule has 0 N–H and O–H groups in total. The number of ether oxygens (including phenoxy) is 1. The fraction of sp³-hybridized carbons (Fsp3) is 0.977. The molecule has 0 saturated heterocycles. The minimum absolute atomic E-state index is 0.0274. The van der Waals surface area contributed by atoms with Crippen molar-refractivity contribution in [2.75, 3.05) is 6.61 Å². The summed E-state index contributed by atoms with van der Waals surface area (Å²) in [7, 11) is 0. The van der Waals surface area contributed by atoms with Gasteiger partial charge < -0.3 is 4.74 Å². The molecule has 0 fully saturated rings. The summed E-state index contributed by atoms with van der Waals surface area (Å²) in [5, 5.41) is 0. The third-order valence-electron chi connectivity index (χ3n) is 10.00. The number of esters is 1. The van der Waals surface area contributed by atoms with Gasteiger partial charge in [0.2, 0.25) is 0 Å². The van der Waals surface area contributed by atoms with E-state index in [0.29, 0.717) is 13.0 Å². The van der Waals surface area contributed by atoms with Crippen LogP contribution < -0.4 is 0 Å². The van der Waals surface area contributed by atoms with E-state index < -0.39 is 0 Å². The Hall–Kier alpha value is -0.530. The molecule has 0 aliphatic heterocycles. The summed E-state index contributed by atoms with van der Waals surface area (Å²) in [6.45, 7) is 5.21. The van der Waals surface area contributed by atoms with Gasteiger partial charge in [0, 0.05) is 6.42 Å². The molecule has 0 spiro atoms. The van der Waals surface area contributed by atoms with E-state index in [4.69, 9.17) is 4.74 Å². The monoisotopic (exact) mass is 635 g/mol. The first-order valence-electron chi connectivity index (χ1n) is 21.5. The van der Waals surface area contributed by atoms with Crippen LogP contribution in [0.1, 0.15) is 264 Å². The Morgan fingerprint density at radius 1 is 0.289 bits per heavy atom. The molecular weight excluding hydrogens is 548 g/mol. The van der Waals surface area contributed by atoms with Crippen LogP contribution in [-0.4, -0.2) is 12.6 Å². The molecule has 0 unspecified atom stereocenters. The molecule has 0 rings (SSSR count). The highest BCUT2D eigenvalue weighted by molar-refractivity contribution is 5.69. The van der Waals surface area contributed by atoms with Crippen molar-refractivity contribution in [3.05, 3.63) is 0 Å². The van der Waals surface area contributed by atoms with Crippen LogP contribution in [0.25, 0.3) is 0 Å². The third kappa shape index (κ3) is 41.4. The van der Waals surface area contributed by atoms with Crippen LogP contribution in [0, 0.1) is 0 Å². The predicted molar refractivity (Wildman–Crippen MR) is 202 cm³/mol. The van der Waals surface area contributed by atoms with E-state index >= 15 is 0 Å². The predicted octanol–water partition coefficient (Wildman–Crippen LogP) is 15.8. The van der Waals surface area contributed by atoms with Gasteiger partial charge in [-0.1, -0.05) is 245 Å². The zero-order chi connectivity index (χ0) is 32.6. The van der Waals surface area contributed by atoms with Crippen molar-refractivity contribution in [2.24, 2.45) is 0 Å². The Labute approximate surface area is 285 Å². The number of rotatable bonds is 40. The van der Waals surface area contributed by atoms with Crippen molar-refractivity contribution in [1.29, 1.82) is 0 Å². The lowest BCUT2D eigenvalue weighted by atomic mass is 10.0. The minimum Gasteiger partial charge on any atom is -0.466 e. The van der Waals surface area contributed by atoms with Crippen LogP contribution in [0.3, 0.4) is 0 Å². The number of carbonyl (C=O) groups excluding carboxylic acids is 1. The molecule has 0 radical (unpaired) electrons. The molecule has 45 heavy (non-hydrogen) atoms. The van der Waals surface area contributed by atoms with E-state index in [2.05, 4.69) is 13.8 Å². The molecule has 0 aromatic carbocycles. The maximum atomic E-state index is 11.9. The standard InChI is InChI=1S/C43H86O2/c1-3-5-7-9-11-13-15-16-17-18-19-20-21-22-23-24-25-26-27-28-29-30-31-32-34-36-38-40-42-45-43(44)41-39-37-35-33-14-12-10-8-6-4-2/h3-42H2,1-2H3. The summed E-state index contributed by atoms with van der Waals surface area (Å²) < 4.78 is 5.44. The molecule has 2 heteroatoms. The second-order valence-corrected chi connectivity index (χ2v) is 14.7. The van der Waals surface area contributed by atoms with Crippen molar-refractivity contribution < 1.29 is 9.53 Å². The van der Waals surface area contributed by atoms with Crippen LogP contribution in [-0.2, 0) is 9.53 Å². The van der Waals surface area contributed by atoms with Gasteiger partial charge in [-0.2, -0.15) is 0 Å². The first-order chi connectivity index (χ1) is 22.3. The fourth-order valence-corrected chi connectivity index (χ4v) is 6.79. The fourth-order valence-electron chi connectivity index (χ4n) is 6.79. The van der Waals surface area contributed by atoms with E-state index in [1.54, 1.807) is 0 Å². The summed E-state index contributed by atoms with van der Waals surface area (Å²) in [5.41, 5.74) is 0. The first-order valence-corrected chi connectivity index (χ1v) is 21.5. The van der Waals surface area contributed by atoms with Gasteiger partial charge in [0.25, 0.3) is 0 Å². The lowest BCUT2D eigenvalue weighted by Gasteiger charge is -2.06. The van der Waals surface area contributed by atoms with Crippen LogP contribution >= 0.6 is 0 Å². The Kier molecular flexibility index (Phi) is 41.0. The molecule has 0 aliphatic rings. The van der Waals surface area contributed by atoms with Crippen molar-refractivity contribution >= 4 is 5.97 Å². The third-order valence-corrected chi connectivity index (χ3v) is 10.00. The molecule has 0 bridgehead atoms. The Morgan fingerprint density at radius 3 is 0.733 bits per heavy atom. The molecular formula is C43H86O2. The molecule has 0 heterocycles. The number of carbonyl (C=O) groups is 1. The minimum atomic E-state index is 0.0274. The van der Waals surface area contributed by atoms with Crippen molar-refractivity contribution in [3.8, 4) is 0 Å². The summed E-state index contributed by atoms with van der Waals surface area (Å²) in [4.78, 5) is 11.9. The normalized spacial score (nSPS) is 11.4. The molecule has 0 saturated carbocycles. The highest BCUT2D eigenvalue weighted by atomic mass is 16.5. The number of hydrogen-bond acceptors (Lipinski definition) is 2. The zero-order valence-corrected chi connectivity index (χ0v) is 31.6. The lowest BCUT2D eigenvalue weighted by molar-refractivity contribution is -0.143. The van der Waals surface area contributed by atoms with Gasteiger partial charge in [-0.05, 0) is 12.8 Å². The molecule has 0 atom stereocenters. The van der Waals surface area contributed by atoms with Crippen LogP contribution in [0.2, 0.25) is 0 Å². The van der Waals surface area contributed by atoms with E-state index in [1.807, 2.05) is 0 Å². The van der Waals surface area contributed by atoms with Gasteiger partial charge in [-0.15, -0.1) is 0 Å². The van der Waals surface area contributed by atoms with E-state index in [-0.39, 0.29) is 5.97 Å². The summed E-state index contributed by atoms with van der Waals surface area (Å²) in [6.07, 6.45) is 53.6. The smallest absolute Gasteiger partial charge is 0.305 e. The van der Waals surface area contributed by atoms with Crippen molar-refractivity contribution in [1.82, 2.24) is 0 Å². The second kappa shape index (κ2) is 41.5. The van der Waals surface area contributed by atoms with E-state index in [0.717, 1.165) is 12.8 Å². The van der Waals surface area contributed by atoms with Crippen molar-refractivity contribution in [2.45, 2.75) is 264 Å². The maximum Gasteiger partial charge on any atom is 0.305 e. The Balaban J connectivity index is 3.11. The van der Waals surface area contributed by atoms with Gasteiger partial charge in [-0.3, -0.25) is 4.79 Å². The van der Waals surface area contributed by atoms with E-state index in [1.165, 1.54) is 231 Å². The molecule has 0 aromatic heterocycles. The van der Waals surface area contributed by atoms with Gasteiger partial charge in [0.05, 0.1) is 6.61 Å². The first kappa shape index (κ1) is 44.5. The van der Waals surface area contributed by atoms with Crippen molar-refractivity contribution in [3.63, 3.8) is 0 Å². The molecule has 2 nitrogen and oxygen atoms in total. The number of unbranched alkanes of at least 4 members (excludes halogenated alkanes) is 36. The Morgan fingerprint density at radius 2 is 0.489 bits per heavy atom. The molecule has 0 aromatic rings. The van der Waals surface area contributed by atoms with Gasteiger partial charge in [-0.25, -0.2) is 0 Å². The van der Waals surface area contributed by atoms with Gasteiger partial charge in [0.1, 0.15) is 0 Å². The summed E-state index contributed by atoms with van der Waals surface area (Å²) in [6, 6.07) is 0. The quantitative estimate of drug-likeness (QED) is 0.0495. The molecule has 270 valence electrons. The van der Waals surface area contributed by atoms with Gasteiger partial charge >= 0.3 is 5.97 Å². The molecule has 0 amide bonds. The largest absolute Gasteiger partial charge is 0.466 e. The van der Waals surface area contributed by atoms with Crippen LogP contribution in [0.4, 0.5) is 0 Å². The summed E-state index contributed by atoms with van der Waals surface area (Å²) >= 11 is 0. The highest BCUT2D eigenvalue weighted by Gasteiger charge is 2.03. The average Bonchev–Trinajstić information content (AvgIpc) is 3.05. The van der Waals surface area contributed by atoms with Crippen LogP contribution in [0.5, 0.6) is 0 Å². The highest BCUT2D eigenvalue weighted by Crippen LogP contribution is 2.17. The van der Waals surface area contributed by atoms with Gasteiger partial charge in [0.15, 0.2) is 0 Å². The average molecular weight is 635 g/mol. The number of hydrogen-bond donors (Lipinski definition) is 0. The van der Waals surface area contributed by atoms with Crippen LogP contribution in [0.15, 0.2) is 0 Å². The second-order valence-electron chi connectivity index (χ2n) is 14.7. The molecule has 0 aliphatic carbocycles. The SMILES string of the molecule is CCCCCCCCCCCCCCCCCCCCCCCCCCCCCCOC(=O)CCCCCCCCCCCC. The van der Waals surface area contributed by atoms with E-state index in [9.17, 15) is 4.79 Å². The Bertz CT molecular complexity index is 530. The maximum absolute atomic E-state index is 11.9. The topological polar surface area (TPSA) is 26.3 Å². The lowest BCUT2D eigenvalue weighted by Crippen LogP contribution is -2.05.